The Kier molecular flexibility index (Phi) is 3.59. The topological polar surface area (TPSA) is 38.0 Å². The highest BCUT2D eigenvalue weighted by Crippen LogP contribution is 2.23. The molecule has 0 aliphatic rings. The van der Waals surface area contributed by atoms with Gasteiger partial charge in [0, 0.05) is 6.54 Å². The summed E-state index contributed by atoms with van der Waals surface area (Å²) >= 11 is 0. The van der Waals surface area contributed by atoms with Crippen molar-refractivity contribution in [3.8, 4) is 0 Å². The van der Waals surface area contributed by atoms with Crippen molar-refractivity contribution in [2.75, 3.05) is 0 Å². The predicted molar refractivity (Wildman–Crippen MR) is 69.8 cm³/mol. The summed E-state index contributed by atoms with van der Waals surface area (Å²) in [6.45, 7) is 6.50. The molecule has 0 bridgehead atoms. The summed E-state index contributed by atoms with van der Waals surface area (Å²) in [7, 11) is 0. The van der Waals surface area contributed by atoms with Crippen molar-refractivity contribution in [2.45, 2.75) is 32.4 Å². The molecule has 0 saturated heterocycles. The molecule has 0 spiro atoms. The normalized spacial score (nSPS) is 12.8. The second-order valence-electron chi connectivity index (χ2n) is 4.16. The van der Waals surface area contributed by atoms with Crippen LogP contribution in [0.1, 0.15) is 31.7 Å². The molecule has 0 aliphatic heterocycles. The van der Waals surface area contributed by atoms with Gasteiger partial charge in [0.05, 0.1) is 11.0 Å². The number of aliphatic hydroxyl groups is 1. The van der Waals surface area contributed by atoms with Crippen LogP contribution < -0.4 is 0 Å². The first-order chi connectivity index (χ1) is 8.27. The van der Waals surface area contributed by atoms with Gasteiger partial charge in [-0.05, 0) is 18.6 Å². The van der Waals surface area contributed by atoms with Crippen molar-refractivity contribution in [3.05, 3.63) is 42.7 Å². The Bertz CT molecular complexity index is 516. The van der Waals surface area contributed by atoms with Crippen molar-refractivity contribution in [1.29, 1.82) is 0 Å². The monoisotopic (exact) mass is 230 g/mol. The maximum absolute atomic E-state index is 10.1. The fraction of sp³-hybridized carbons (Fsp3) is 0.357. The minimum absolute atomic E-state index is 0.493. The Morgan fingerprint density at radius 2 is 2.24 bits per heavy atom. The summed E-state index contributed by atoms with van der Waals surface area (Å²) in [5.74, 6) is 0.743. The van der Waals surface area contributed by atoms with E-state index in [-0.39, 0.29) is 0 Å². The number of allylic oxidation sites excluding steroid dienone is 1. The number of imidazole rings is 1. The maximum atomic E-state index is 10.1. The molecule has 3 nitrogen and oxygen atoms in total. The molecule has 2 rings (SSSR count). The number of rotatable bonds is 5. The fourth-order valence-corrected chi connectivity index (χ4v) is 2.07. The third kappa shape index (κ3) is 2.24. The van der Waals surface area contributed by atoms with Gasteiger partial charge in [-0.3, -0.25) is 0 Å². The van der Waals surface area contributed by atoms with Crippen LogP contribution in [0, 0.1) is 0 Å². The van der Waals surface area contributed by atoms with Gasteiger partial charge in [0.25, 0.3) is 0 Å². The van der Waals surface area contributed by atoms with Crippen LogP contribution in [0.3, 0.4) is 0 Å². The first kappa shape index (κ1) is 11.9. The first-order valence-corrected chi connectivity index (χ1v) is 6.02. The quantitative estimate of drug-likeness (QED) is 0.802. The van der Waals surface area contributed by atoms with Crippen LogP contribution in [0.4, 0.5) is 0 Å². The van der Waals surface area contributed by atoms with E-state index in [1.807, 2.05) is 34.9 Å². The lowest BCUT2D eigenvalue weighted by atomic mass is 10.2. The van der Waals surface area contributed by atoms with Crippen LogP contribution in [-0.4, -0.2) is 14.7 Å². The van der Waals surface area contributed by atoms with Gasteiger partial charge in [0.1, 0.15) is 11.9 Å². The Labute approximate surface area is 101 Å². The number of benzene rings is 1. The van der Waals surface area contributed by atoms with Gasteiger partial charge in [-0.15, -0.1) is 6.58 Å². The summed E-state index contributed by atoms with van der Waals surface area (Å²) in [6, 6.07) is 7.94. The summed E-state index contributed by atoms with van der Waals surface area (Å²) in [5.41, 5.74) is 1.98. The number of hydrogen-bond donors (Lipinski definition) is 1. The molecule has 2 aromatic rings. The molecular weight excluding hydrogens is 212 g/mol. The molecule has 0 radical (unpaired) electrons. The molecule has 1 atom stereocenters. The molecule has 0 aliphatic carbocycles. The summed E-state index contributed by atoms with van der Waals surface area (Å²) in [6.07, 6.45) is 3.02. The van der Waals surface area contributed by atoms with Crippen LogP contribution >= 0.6 is 0 Å². The Morgan fingerprint density at radius 1 is 1.47 bits per heavy atom. The highest BCUT2D eigenvalue weighted by molar-refractivity contribution is 5.76. The van der Waals surface area contributed by atoms with Crippen molar-refractivity contribution in [3.63, 3.8) is 0 Å². The van der Waals surface area contributed by atoms with Crippen LogP contribution in [0.2, 0.25) is 0 Å². The van der Waals surface area contributed by atoms with E-state index in [2.05, 4.69) is 18.5 Å². The zero-order valence-corrected chi connectivity index (χ0v) is 10.1. The van der Waals surface area contributed by atoms with E-state index < -0.39 is 6.10 Å². The average molecular weight is 230 g/mol. The minimum Gasteiger partial charge on any atom is -0.385 e. The van der Waals surface area contributed by atoms with E-state index in [1.165, 1.54) is 0 Å². The lowest BCUT2D eigenvalue weighted by molar-refractivity contribution is 0.153. The van der Waals surface area contributed by atoms with Crippen molar-refractivity contribution < 1.29 is 5.11 Å². The molecule has 90 valence electrons. The van der Waals surface area contributed by atoms with Crippen molar-refractivity contribution in [1.82, 2.24) is 9.55 Å². The van der Waals surface area contributed by atoms with E-state index in [1.54, 1.807) is 0 Å². The Hall–Kier alpha value is -1.61. The lowest BCUT2D eigenvalue weighted by Gasteiger charge is -2.11. The fourth-order valence-electron chi connectivity index (χ4n) is 2.07. The average Bonchev–Trinajstić information content (AvgIpc) is 2.70. The van der Waals surface area contributed by atoms with Crippen LogP contribution in [0.5, 0.6) is 0 Å². The molecule has 1 aromatic heterocycles. The summed E-state index contributed by atoms with van der Waals surface area (Å²) < 4.78 is 2.03. The Balaban J connectivity index is 2.52. The minimum atomic E-state index is -0.493. The van der Waals surface area contributed by atoms with E-state index >= 15 is 0 Å². The zero-order chi connectivity index (χ0) is 12.3. The van der Waals surface area contributed by atoms with Gasteiger partial charge in [0.2, 0.25) is 0 Å². The number of aromatic nitrogens is 2. The third-order valence-electron chi connectivity index (χ3n) is 2.86. The van der Waals surface area contributed by atoms with Gasteiger partial charge in [0.15, 0.2) is 0 Å². The van der Waals surface area contributed by atoms with Crippen LogP contribution in [-0.2, 0) is 6.54 Å². The molecule has 1 heterocycles. The van der Waals surface area contributed by atoms with Crippen molar-refractivity contribution >= 4 is 11.0 Å². The Morgan fingerprint density at radius 3 is 2.94 bits per heavy atom. The molecule has 0 unspecified atom stereocenters. The van der Waals surface area contributed by atoms with Gasteiger partial charge in [-0.1, -0.05) is 31.6 Å². The van der Waals surface area contributed by atoms with E-state index in [0.29, 0.717) is 6.54 Å². The molecule has 17 heavy (non-hydrogen) atoms. The van der Waals surface area contributed by atoms with E-state index in [0.717, 1.165) is 29.7 Å². The SMILES string of the molecule is C=CCn1c([C@H](O)CCC)nc2ccccc21. The van der Waals surface area contributed by atoms with Gasteiger partial charge < -0.3 is 9.67 Å². The largest absolute Gasteiger partial charge is 0.385 e. The summed E-state index contributed by atoms with van der Waals surface area (Å²) in [4.78, 5) is 4.52. The van der Waals surface area contributed by atoms with Crippen molar-refractivity contribution in [2.24, 2.45) is 0 Å². The second kappa shape index (κ2) is 5.15. The van der Waals surface area contributed by atoms with Crippen LogP contribution in [0.25, 0.3) is 11.0 Å². The molecule has 3 heteroatoms. The van der Waals surface area contributed by atoms with Gasteiger partial charge in [-0.2, -0.15) is 0 Å². The molecule has 0 saturated carbocycles. The lowest BCUT2D eigenvalue weighted by Crippen LogP contribution is -2.08. The predicted octanol–water partition coefficient (Wildman–Crippen LogP) is 3.06. The van der Waals surface area contributed by atoms with Gasteiger partial charge >= 0.3 is 0 Å². The third-order valence-corrected chi connectivity index (χ3v) is 2.86. The molecule has 0 amide bonds. The highest BCUT2D eigenvalue weighted by atomic mass is 16.3. The number of aliphatic hydroxyl groups excluding tert-OH is 1. The van der Waals surface area contributed by atoms with Gasteiger partial charge in [-0.25, -0.2) is 4.98 Å². The molecule has 1 N–H and O–H groups in total. The number of para-hydroxylation sites is 2. The molecule has 1 aromatic carbocycles. The van der Waals surface area contributed by atoms with E-state index in [4.69, 9.17) is 0 Å². The van der Waals surface area contributed by atoms with E-state index in [9.17, 15) is 5.11 Å². The smallest absolute Gasteiger partial charge is 0.139 e. The summed E-state index contributed by atoms with van der Waals surface area (Å²) in [5, 5.41) is 10.1. The maximum Gasteiger partial charge on any atom is 0.139 e. The molecule has 0 fully saturated rings. The number of nitrogens with zero attached hydrogens (tertiary/aromatic N) is 2. The first-order valence-electron chi connectivity index (χ1n) is 6.02. The second-order valence-corrected chi connectivity index (χ2v) is 4.16. The number of fused-ring (bicyclic) bond motifs is 1. The van der Waals surface area contributed by atoms with Crippen LogP contribution in [0.15, 0.2) is 36.9 Å². The zero-order valence-electron chi connectivity index (χ0n) is 10.1. The highest BCUT2D eigenvalue weighted by Gasteiger charge is 2.16. The molecular formula is C14H18N2O. The standard InChI is InChI=1S/C14H18N2O/c1-3-7-13(17)14-15-11-8-5-6-9-12(11)16(14)10-4-2/h4-6,8-9,13,17H,2-3,7,10H2,1H3/t13-/m1/s1. The number of hydrogen-bond acceptors (Lipinski definition) is 2.